The summed E-state index contributed by atoms with van der Waals surface area (Å²) in [4.78, 5) is 13.8. The van der Waals surface area contributed by atoms with Crippen LogP contribution in [0.15, 0.2) is 16.1 Å². The summed E-state index contributed by atoms with van der Waals surface area (Å²) >= 11 is 15.1. The summed E-state index contributed by atoms with van der Waals surface area (Å²) in [5.41, 5.74) is 11.8. The van der Waals surface area contributed by atoms with E-state index in [2.05, 4.69) is 9.98 Å². The maximum Gasteiger partial charge on any atom is 0.226 e. The van der Waals surface area contributed by atoms with E-state index >= 15 is 0 Å². The lowest BCUT2D eigenvalue weighted by atomic mass is 10.2. The maximum atomic E-state index is 6.07. The SMILES string of the molecule is Br.CC1(C)N=C(N)N=C(N)N1OCCSCc1cc(Cl)sc1Cl. The molecule has 1 aliphatic heterocycles. The first-order chi connectivity index (χ1) is 10.3. The monoisotopic (exact) mass is 461 g/mol. The lowest BCUT2D eigenvalue weighted by Crippen LogP contribution is -2.53. The zero-order chi connectivity index (χ0) is 16.3. The minimum absolute atomic E-state index is 0. The minimum Gasteiger partial charge on any atom is -0.368 e. The van der Waals surface area contributed by atoms with Gasteiger partial charge in [-0.05, 0) is 25.5 Å². The second-order valence-corrected chi connectivity index (χ2v) is 8.35. The Labute approximate surface area is 164 Å². The molecule has 0 fully saturated rings. The molecule has 0 radical (unpaired) electrons. The fraction of sp³-hybridized carbons (Fsp3) is 0.500. The molecule has 0 saturated carbocycles. The van der Waals surface area contributed by atoms with Crippen LogP contribution >= 0.6 is 63.3 Å². The van der Waals surface area contributed by atoms with E-state index in [0.717, 1.165) is 21.4 Å². The Balaban J connectivity index is 0.00000264. The van der Waals surface area contributed by atoms with Gasteiger partial charge < -0.3 is 11.5 Å². The molecule has 0 bridgehead atoms. The van der Waals surface area contributed by atoms with Gasteiger partial charge in [-0.2, -0.15) is 21.8 Å². The number of hydroxylamine groups is 2. The summed E-state index contributed by atoms with van der Waals surface area (Å²) in [5.74, 6) is 1.91. The third-order valence-corrected chi connectivity index (χ3v) is 5.29. The van der Waals surface area contributed by atoms with Gasteiger partial charge in [0.1, 0.15) is 0 Å². The van der Waals surface area contributed by atoms with Crippen LogP contribution in [-0.2, 0) is 10.6 Å². The van der Waals surface area contributed by atoms with Gasteiger partial charge in [0.05, 0.1) is 15.3 Å². The van der Waals surface area contributed by atoms with E-state index < -0.39 is 5.66 Å². The van der Waals surface area contributed by atoms with Crippen molar-refractivity contribution in [2.24, 2.45) is 21.5 Å². The predicted molar refractivity (Wildman–Crippen MR) is 106 cm³/mol. The molecule has 0 aromatic carbocycles. The van der Waals surface area contributed by atoms with Gasteiger partial charge in [-0.1, -0.05) is 23.2 Å². The van der Waals surface area contributed by atoms with Crippen LogP contribution in [0.1, 0.15) is 19.4 Å². The third kappa shape index (κ3) is 5.68. The van der Waals surface area contributed by atoms with Gasteiger partial charge in [0.25, 0.3) is 0 Å². The van der Waals surface area contributed by atoms with Gasteiger partial charge in [-0.3, -0.25) is 4.84 Å². The molecule has 0 spiro atoms. The summed E-state index contributed by atoms with van der Waals surface area (Å²) in [6.07, 6.45) is 0. The Morgan fingerprint density at radius 1 is 1.39 bits per heavy atom. The second-order valence-electron chi connectivity index (χ2n) is 4.96. The van der Waals surface area contributed by atoms with Gasteiger partial charge in [0.15, 0.2) is 5.66 Å². The Morgan fingerprint density at radius 2 is 2.09 bits per heavy atom. The van der Waals surface area contributed by atoms with E-state index in [9.17, 15) is 0 Å². The van der Waals surface area contributed by atoms with Crippen LogP contribution in [0.5, 0.6) is 0 Å². The van der Waals surface area contributed by atoms with Crippen molar-refractivity contribution < 1.29 is 4.84 Å². The molecule has 11 heteroatoms. The molecule has 1 aromatic rings. The normalized spacial score (nSPS) is 16.6. The quantitative estimate of drug-likeness (QED) is 0.631. The number of hydrogen-bond donors (Lipinski definition) is 2. The first-order valence-corrected chi connectivity index (χ1v) is 9.16. The van der Waals surface area contributed by atoms with Crippen molar-refractivity contribution in [1.82, 2.24) is 5.06 Å². The first kappa shape index (κ1) is 20.9. The molecule has 0 unspecified atom stereocenters. The van der Waals surface area contributed by atoms with Gasteiger partial charge >= 0.3 is 0 Å². The zero-order valence-electron chi connectivity index (χ0n) is 12.6. The summed E-state index contributed by atoms with van der Waals surface area (Å²) in [6, 6.07) is 1.89. The Morgan fingerprint density at radius 3 is 2.65 bits per heavy atom. The Hall–Kier alpha value is -0.190. The molecule has 23 heavy (non-hydrogen) atoms. The minimum atomic E-state index is -0.676. The number of guanidine groups is 2. The van der Waals surface area contributed by atoms with Gasteiger partial charge in [0.2, 0.25) is 11.9 Å². The van der Waals surface area contributed by atoms with Crippen molar-refractivity contribution in [3.05, 3.63) is 20.3 Å². The number of thiophene rings is 1. The average Bonchev–Trinajstić information content (AvgIpc) is 2.69. The van der Waals surface area contributed by atoms with Crippen molar-refractivity contribution >= 4 is 75.2 Å². The number of hydrogen-bond acceptors (Lipinski definition) is 8. The van der Waals surface area contributed by atoms with Crippen molar-refractivity contribution in [3.63, 3.8) is 0 Å². The zero-order valence-corrected chi connectivity index (χ0v) is 17.4. The molecular formula is C12H18BrCl2N5OS2. The second kappa shape index (κ2) is 8.77. The number of aliphatic imine (C=N–C) groups is 2. The van der Waals surface area contributed by atoms with Gasteiger partial charge in [-0.25, -0.2) is 4.99 Å². The van der Waals surface area contributed by atoms with Crippen LogP contribution in [0.4, 0.5) is 0 Å². The van der Waals surface area contributed by atoms with Crippen LogP contribution < -0.4 is 11.5 Å². The molecule has 0 atom stereocenters. The highest BCUT2D eigenvalue weighted by Crippen LogP contribution is 2.33. The van der Waals surface area contributed by atoms with Crippen LogP contribution in [0.3, 0.4) is 0 Å². The molecular weight excluding hydrogens is 445 g/mol. The van der Waals surface area contributed by atoms with E-state index in [-0.39, 0.29) is 28.9 Å². The van der Waals surface area contributed by atoms with Crippen LogP contribution in [0, 0.1) is 0 Å². The largest absolute Gasteiger partial charge is 0.368 e. The molecule has 130 valence electrons. The number of rotatable bonds is 6. The first-order valence-electron chi connectivity index (χ1n) is 6.43. The standard InChI is InChI=1S/C12H17Cl2N5OS2.BrH/c1-12(2)18-10(15)17-11(16)19(12)20-3-4-21-6-7-5-8(13)22-9(7)14;/h5H,3-4,6H2,1-2H3,(H4,15,16,17,18);1H. The average molecular weight is 463 g/mol. The summed E-state index contributed by atoms with van der Waals surface area (Å²) in [6.45, 7) is 4.17. The highest BCUT2D eigenvalue weighted by molar-refractivity contribution is 8.93. The fourth-order valence-corrected chi connectivity index (χ4v) is 4.30. The summed E-state index contributed by atoms with van der Waals surface area (Å²) in [7, 11) is 0. The molecule has 2 rings (SSSR count). The van der Waals surface area contributed by atoms with E-state index in [1.807, 2.05) is 19.9 Å². The highest BCUT2D eigenvalue weighted by atomic mass is 79.9. The van der Waals surface area contributed by atoms with Gasteiger partial charge in [0, 0.05) is 11.5 Å². The Bertz CT molecular complexity index is 608. The van der Waals surface area contributed by atoms with Gasteiger partial charge in [-0.15, -0.1) is 28.3 Å². The molecule has 0 amide bonds. The predicted octanol–water partition coefficient (Wildman–Crippen LogP) is 3.48. The lowest BCUT2D eigenvalue weighted by Gasteiger charge is -2.36. The van der Waals surface area contributed by atoms with E-state index in [1.165, 1.54) is 16.4 Å². The molecule has 4 N–H and O–H groups in total. The van der Waals surface area contributed by atoms with Crippen molar-refractivity contribution in [2.45, 2.75) is 25.3 Å². The number of thioether (sulfide) groups is 1. The highest BCUT2D eigenvalue weighted by Gasteiger charge is 2.32. The van der Waals surface area contributed by atoms with Crippen LogP contribution in [0.2, 0.25) is 8.67 Å². The molecule has 0 aliphatic carbocycles. The smallest absolute Gasteiger partial charge is 0.226 e. The number of nitrogens with zero attached hydrogens (tertiary/aromatic N) is 3. The van der Waals surface area contributed by atoms with Crippen LogP contribution in [0.25, 0.3) is 0 Å². The molecule has 0 saturated heterocycles. The van der Waals surface area contributed by atoms with E-state index in [0.29, 0.717) is 10.9 Å². The van der Waals surface area contributed by atoms with Crippen molar-refractivity contribution in [3.8, 4) is 0 Å². The topological polar surface area (TPSA) is 89.2 Å². The Kier molecular flexibility index (Phi) is 7.96. The van der Waals surface area contributed by atoms with E-state index in [4.69, 9.17) is 39.5 Å². The van der Waals surface area contributed by atoms with Crippen molar-refractivity contribution in [2.75, 3.05) is 12.4 Å². The van der Waals surface area contributed by atoms with E-state index in [1.54, 1.807) is 11.8 Å². The summed E-state index contributed by atoms with van der Waals surface area (Å²) in [5, 5.41) is 1.47. The van der Waals surface area contributed by atoms with Crippen LogP contribution in [-0.4, -0.2) is 35.0 Å². The number of halogens is 3. The molecule has 6 nitrogen and oxygen atoms in total. The molecule has 1 aliphatic rings. The number of nitrogens with two attached hydrogens (primary N) is 2. The maximum absolute atomic E-state index is 6.07. The fourth-order valence-electron chi connectivity index (χ4n) is 1.86. The molecule has 1 aromatic heterocycles. The van der Waals surface area contributed by atoms with Crippen molar-refractivity contribution in [1.29, 1.82) is 0 Å². The summed E-state index contributed by atoms with van der Waals surface area (Å²) < 4.78 is 1.43. The lowest BCUT2D eigenvalue weighted by molar-refractivity contribution is -0.151. The third-order valence-electron chi connectivity index (χ3n) is 2.76. The molecule has 2 heterocycles.